The van der Waals surface area contributed by atoms with Crippen LogP contribution in [0.4, 0.5) is 0 Å². The molecule has 0 aliphatic carbocycles. The Balaban J connectivity index is 1.40. The molecule has 0 bridgehead atoms. The third kappa shape index (κ3) is 4.55. The van der Waals surface area contributed by atoms with Crippen molar-refractivity contribution in [3.8, 4) is 0 Å². The number of aryl methyl sites for hydroxylation is 2. The fourth-order valence-corrected chi connectivity index (χ4v) is 5.54. The minimum Gasteiger partial charge on any atom is -0.381 e. The van der Waals surface area contributed by atoms with Crippen LogP contribution in [0.25, 0.3) is 10.9 Å². The lowest BCUT2D eigenvalue weighted by Crippen LogP contribution is -2.51. The van der Waals surface area contributed by atoms with Gasteiger partial charge in [0, 0.05) is 37.6 Å². The van der Waals surface area contributed by atoms with E-state index >= 15 is 0 Å². The van der Waals surface area contributed by atoms with Crippen LogP contribution in [-0.2, 0) is 26.1 Å². The summed E-state index contributed by atoms with van der Waals surface area (Å²) in [5.74, 6) is 0.494. The predicted molar refractivity (Wildman–Crippen MR) is 128 cm³/mol. The number of carbonyl (C=O) groups is 1. The molecule has 1 N–H and O–H groups in total. The van der Waals surface area contributed by atoms with Crippen LogP contribution in [0.2, 0.25) is 0 Å². The standard InChI is InChI=1S/C27H33N3O3/c1-19-11-20(2)13-24(12-19)27(5-8-32-9-6-27)26(31)30-7-10-33-18-22(17-30)14-21-3-4-25-23(15-21)16-28-29-25/h3-4,11-13,15-16,22H,5-10,14,17-18H2,1-2H3,(H,28,29)/t22-/m1/s1. The zero-order valence-electron chi connectivity index (χ0n) is 19.6. The third-order valence-electron chi connectivity index (χ3n) is 7.18. The molecule has 0 radical (unpaired) electrons. The topological polar surface area (TPSA) is 67.5 Å². The molecule has 6 heteroatoms. The van der Waals surface area contributed by atoms with Crippen LogP contribution in [0.5, 0.6) is 0 Å². The lowest BCUT2D eigenvalue weighted by atomic mass is 9.72. The molecule has 3 aromatic rings. The molecule has 2 fully saturated rings. The number of H-pyrrole nitrogens is 1. The van der Waals surface area contributed by atoms with E-state index in [4.69, 9.17) is 9.47 Å². The van der Waals surface area contributed by atoms with Gasteiger partial charge in [-0.15, -0.1) is 0 Å². The Labute approximate surface area is 195 Å². The first-order valence-electron chi connectivity index (χ1n) is 12.0. The van der Waals surface area contributed by atoms with E-state index in [1.54, 1.807) is 0 Å². The van der Waals surface area contributed by atoms with E-state index in [2.05, 4.69) is 65.3 Å². The Morgan fingerprint density at radius 2 is 1.88 bits per heavy atom. The molecule has 2 aromatic carbocycles. The third-order valence-corrected chi connectivity index (χ3v) is 7.18. The fraction of sp³-hybridized carbons (Fsp3) is 0.481. The first kappa shape index (κ1) is 22.1. The summed E-state index contributed by atoms with van der Waals surface area (Å²) in [6, 6.07) is 13.0. The second-order valence-corrected chi connectivity index (χ2v) is 9.76. The van der Waals surface area contributed by atoms with Crippen molar-refractivity contribution >= 4 is 16.8 Å². The van der Waals surface area contributed by atoms with E-state index in [0.29, 0.717) is 33.0 Å². The van der Waals surface area contributed by atoms with Crippen molar-refractivity contribution in [3.63, 3.8) is 0 Å². The molecule has 2 saturated heterocycles. The van der Waals surface area contributed by atoms with E-state index < -0.39 is 5.41 Å². The molecule has 1 aromatic heterocycles. The Morgan fingerprint density at radius 1 is 1.09 bits per heavy atom. The first-order valence-corrected chi connectivity index (χ1v) is 12.0. The second kappa shape index (κ2) is 9.27. The second-order valence-electron chi connectivity index (χ2n) is 9.76. The summed E-state index contributed by atoms with van der Waals surface area (Å²) in [5.41, 5.74) is 5.33. The summed E-state index contributed by atoms with van der Waals surface area (Å²) in [6.07, 6.45) is 4.20. The highest BCUT2D eigenvalue weighted by molar-refractivity contribution is 5.88. The molecule has 0 saturated carbocycles. The van der Waals surface area contributed by atoms with E-state index in [0.717, 1.165) is 42.3 Å². The van der Waals surface area contributed by atoms with Crippen molar-refractivity contribution in [2.24, 2.45) is 5.92 Å². The van der Waals surface area contributed by atoms with Gasteiger partial charge in [-0.25, -0.2) is 0 Å². The number of hydrogen-bond acceptors (Lipinski definition) is 4. The molecule has 33 heavy (non-hydrogen) atoms. The Kier molecular flexibility index (Phi) is 6.21. The number of ether oxygens (including phenoxy) is 2. The molecule has 174 valence electrons. The average molecular weight is 448 g/mol. The SMILES string of the molecule is Cc1cc(C)cc(C2(C(=O)N3CCOC[C@H](Cc4ccc5[nH]ncc5c4)C3)CCOCC2)c1. The Bertz CT molecular complexity index is 1110. The zero-order chi connectivity index (χ0) is 22.8. The normalized spacial score (nSPS) is 21.2. The van der Waals surface area contributed by atoms with Gasteiger partial charge in [-0.3, -0.25) is 9.89 Å². The number of nitrogens with one attached hydrogen (secondary N) is 1. The van der Waals surface area contributed by atoms with Crippen molar-refractivity contribution in [1.29, 1.82) is 0 Å². The molecular weight excluding hydrogens is 414 g/mol. The highest BCUT2D eigenvalue weighted by Crippen LogP contribution is 2.38. The van der Waals surface area contributed by atoms with Gasteiger partial charge in [-0.05, 0) is 56.4 Å². The number of aromatic nitrogens is 2. The molecule has 1 atom stereocenters. The number of rotatable bonds is 4. The van der Waals surface area contributed by atoms with Crippen LogP contribution in [-0.4, -0.2) is 60.5 Å². The largest absolute Gasteiger partial charge is 0.381 e. The number of aromatic amines is 1. The molecule has 0 spiro atoms. The van der Waals surface area contributed by atoms with Crippen molar-refractivity contribution in [3.05, 3.63) is 64.8 Å². The minimum atomic E-state index is -0.514. The maximum absolute atomic E-state index is 14.2. The number of carbonyl (C=O) groups excluding carboxylic acids is 1. The molecular formula is C27H33N3O3. The molecule has 6 nitrogen and oxygen atoms in total. The fourth-order valence-electron chi connectivity index (χ4n) is 5.54. The van der Waals surface area contributed by atoms with Gasteiger partial charge >= 0.3 is 0 Å². The maximum atomic E-state index is 14.2. The number of benzene rings is 2. The van der Waals surface area contributed by atoms with Crippen molar-refractivity contribution in [2.75, 3.05) is 39.5 Å². The van der Waals surface area contributed by atoms with E-state index in [9.17, 15) is 4.79 Å². The molecule has 5 rings (SSSR count). The van der Waals surface area contributed by atoms with Gasteiger partial charge in [0.2, 0.25) is 5.91 Å². The van der Waals surface area contributed by atoms with Crippen LogP contribution in [0.1, 0.15) is 35.1 Å². The first-order chi connectivity index (χ1) is 16.0. The summed E-state index contributed by atoms with van der Waals surface area (Å²) in [6.45, 7) is 8.09. The Morgan fingerprint density at radius 3 is 2.67 bits per heavy atom. The predicted octanol–water partition coefficient (Wildman–Crippen LogP) is 3.95. The average Bonchev–Trinajstić information content (AvgIpc) is 3.16. The molecule has 1 amide bonds. The monoisotopic (exact) mass is 447 g/mol. The summed E-state index contributed by atoms with van der Waals surface area (Å²) in [4.78, 5) is 16.3. The summed E-state index contributed by atoms with van der Waals surface area (Å²) >= 11 is 0. The number of fused-ring (bicyclic) bond motifs is 1. The van der Waals surface area contributed by atoms with Crippen LogP contribution in [0, 0.1) is 19.8 Å². The Hall–Kier alpha value is -2.70. The summed E-state index contributed by atoms with van der Waals surface area (Å²) in [7, 11) is 0. The van der Waals surface area contributed by atoms with E-state index in [1.165, 1.54) is 16.7 Å². The van der Waals surface area contributed by atoms with E-state index in [-0.39, 0.29) is 11.8 Å². The molecule has 0 unspecified atom stereocenters. The van der Waals surface area contributed by atoms with Crippen LogP contribution >= 0.6 is 0 Å². The van der Waals surface area contributed by atoms with Gasteiger partial charge in [0.05, 0.1) is 30.3 Å². The van der Waals surface area contributed by atoms with Gasteiger partial charge in [0.25, 0.3) is 0 Å². The van der Waals surface area contributed by atoms with Gasteiger partial charge in [-0.2, -0.15) is 5.10 Å². The van der Waals surface area contributed by atoms with Gasteiger partial charge in [0.15, 0.2) is 0 Å². The minimum absolute atomic E-state index is 0.233. The van der Waals surface area contributed by atoms with Crippen LogP contribution < -0.4 is 0 Å². The molecule has 2 aliphatic heterocycles. The van der Waals surface area contributed by atoms with Crippen molar-refractivity contribution < 1.29 is 14.3 Å². The van der Waals surface area contributed by atoms with Crippen LogP contribution in [0.15, 0.2) is 42.6 Å². The number of nitrogens with zero attached hydrogens (tertiary/aromatic N) is 2. The lowest BCUT2D eigenvalue weighted by Gasteiger charge is -2.40. The van der Waals surface area contributed by atoms with Gasteiger partial charge < -0.3 is 14.4 Å². The summed E-state index contributed by atoms with van der Waals surface area (Å²) < 4.78 is 11.7. The number of hydrogen-bond donors (Lipinski definition) is 1. The molecule has 3 heterocycles. The lowest BCUT2D eigenvalue weighted by molar-refractivity contribution is -0.141. The smallest absolute Gasteiger partial charge is 0.233 e. The van der Waals surface area contributed by atoms with Gasteiger partial charge in [0.1, 0.15) is 0 Å². The zero-order valence-corrected chi connectivity index (χ0v) is 19.6. The highest BCUT2D eigenvalue weighted by atomic mass is 16.5. The van der Waals surface area contributed by atoms with Gasteiger partial charge in [-0.1, -0.05) is 35.4 Å². The van der Waals surface area contributed by atoms with Crippen LogP contribution in [0.3, 0.4) is 0 Å². The highest BCUT2D eigenvalue weighted by Gasteiger charge is 2.44. The summed E-state index contributed by atoms with van der Waals surface area (Å²) in [5, 5.41) is 8.25. The maximum Gasteiger partial charge on any atom is 0.233 e. The quantitative estimate of drug-likeness (QED) is 0.658. The van der Waals surface area contributed by atoms with Crippen molar-refractivity contribution in [2.45, 2.75) is 38.5 Å². The van der Waals surface area contributed by atoms with E-state index in [1.807, 2.05) is 6.20 Å². The van der Waals surface area contributed by atoms with Crippen molar-refractivity contribution in [1.82, 2.24) is 15.1 Å². The molecule has 2 aliphatic rings. The number of amides is 1.